The molecule has 0 spiro atoms. The lowest BCUT2D eigenvalue weighted by Crippen LogP contribution is -2.37. The van der Waals surface area contributed by atoms with Gasteiger partial charge in [0.15, 0.2) is 5.96 Å². The third kappa shape index (κ3) is 5.51. The lowest BCUT2D eigenvalue weighted by Gasteiger charge is -2.10. The maximum absolute atomic E-state index is 9.44. The molecule has 0 aliphatic carbocycles. The number of nitrogens with one attached hydrogen (secondary N) is 2. The van der Waals surface area contributed by atoms with Gasteiger partial charge < -0.3 is 15.7 Å². The maximum atomic E-state index is 9.44. The molecule has 0 saturated heterocycles. The first kappa shape index (κ1) is 18.2. The smallest absolute Gasteiger partial charge is 0.191 e. The van der Waals surface area contributed by atoms with E-state index in [9.17, 15) is 5.11 Å². The second kappa shape index (κ2) is 9.23. The van der Waals surface area contributed by atoms with Crippen LogP contribution in [0, 0.1) is 0 Å². The summed E-state index contributed by atoms with van der Waals surface area (Å²) in [5.74, 6) is 1.78. The predicted molar refractivity (Wildman–Crippen MR) is 96.2 cm³/mol. The van der Waals surface area contributed by atoms with Crippen molar-refractivity contribution in [1.82, 2.24) is 25.4 Å². The van der Waals surface area contributed by atoms with Crippen LogP contribution in [0.1, 0.15) is 18.3 Å². The summed E-state index contributed by atoms with van der Waals surface area (Å²) < 4.78 is 1.71. The van der Waals surface area contributed by atoms with Crippen LogP contribution in [0.25, 0.3) is 0 Å². The van der Waals surface area contributed by atoms with Crippen molar-refractivity contribution in [1.29, 1.82) is 0 Å². The Hall–Kier alpha value is -1.84. The highest BCUT2D eigenvalue weighted by Crippen LogP contribution is 2.11. The van der Waals surface area contributed by atoms with Gasteiger partial charge >= 0.3 is 0 Å². The van der Waals surface area contributed by atoms with Gasteiger partial charge in [-0.3, -0.25) is 4.68 Å². The van der Waals surface area contributed by atoms with Crippen LogP contribution < -0.4 is 10.6 Å². The number of phenols is 1. The van der Waals surface area contributed by atoms with Gasteiger partial charge in [-0.15, -0.1) is 24.0 Å². The number of hydrogen-bond acceptors (Lipinski definition) is 4. The van der Waals surface area contributed by atoms with Crippen LogP contribution in [0.4, 0.5) is 0 Å². The fourth-order valence-corrected chi connectivity index (χ4v) is 1.81. The normalized spacial score (nSPS) is 10.9. The van der Waals surface area contributed by atoms with Crippen LogP contribution in [-0.4, -0.2) is 32.4 Å². The number of halogens is 1. The first-order valence-electron chi connectivity index (χ1n) is 6.82. The molecule has 7 nitrogen and oxygen atoms in total. The Balaban J connectivity index is 0.00000242. The molecule has 1 aromatic heterocycles. The Morgan fingerprint density at radius 1 is 1.36 bits per heavy atom. The standard InChI is InChI=1S/C14H20N6O.HI/c1-3-15-14(17-9-13-18-10-19-20(13)2)16-8-11-5-4-6-12(21)7-11;/h4-7,10,21H,3,8-9H2,1-2H3,(H2,15,16,17);1H. The number of guanidine groups is 1. The second-order valence-corrected chi connectivity index (χ2v) is 4.52. The summed E-state index contributed by atoms with van der Waals surface area (Å²) in [6.45, 7) is 3.81. The van der Waals surface area contributed by atoms with Gasteiger partial charge in [-0.25, -0.2) is 9.98 Å². The minimum atomic E-state index is 0. The number of aryl methyl sites for hydroxylation is 1. The molecule has 0 atom stereocenters. The maximum Gasteiger partial charge on any atom is 0.191 e. The van der Waals surface area contributed by atoms with Crippen molar-refractivity contribution in [3.8, 4) is 5.75 Å². The van der Waals surface area contributed by atoms with E-state index >= 15 is 0 Å². The molecule has 0 amide bonds. The summed E-state index contributed by atoms with van der Waals surface area (Å²) in [5.41, 5.74) is 0.950. The van der Waals surface area contributed by atoms with Gasteiger partial charge in [0.1, 0.15) is 17.9 Å². The third-order valence-corrected chi connectivity index (χ3v) is 2.89. The number of hydrogen-bond donors (Lipinski definition) is 3. The Labute approximate surface area is 146 Å². The first-order chi connectivity index (χ1) is 10.2. The van der Waals surface area contributed by atoms with Crippen molar-refractivity contribution >= 4 is 29.9 Å². The zero-order valence-corrected chi connectivity index (χ0v) is 15.0. The highest BCUT2D eigenvalue weighted by atomic mass is 127. The van der Waals surface area contributed by atoms with E-state index in [1.165, 1.54) is 6.33 Å². The number of aliphatic imine (C=N–C) groups is 1. The summed E-state index contributed by atoms with van der Waals surface area (Å²) in [7, 11) is 1.85. The van der Waals surface area contributed by atoms with Crippen LogP contribution in [0.15, 0.2) is 35.6 Å². The molecule has 0 radical (unpaired) electrons. The molecule has 120 valence electrons. The minimum absolute atomic E-state index is 0. The number of rotatable bonds is 5. The van der Waals surface area contributed by atoms with Gasteiger partial charge in [0.05, 0.1) is 13.1 Å². The van der Waals surface area contributed by atoms with E-state index in [2.05, 4.69) is 25.7 Å². The molecular weight excluding hydrogens is 395 g/mol. The van der Waals surface area contributed by atoms with Gasteiger partial charge in [-0.2, -0.15) is 5.10 Å². The topological polar surface area (TPSA) is 87.4 Å². The number of nitrogens with zero attached hydrogens (tertiary/aromatic N) is 4. The quantitative estimate of drug-likeness (QED) is 0.390. The molecular formula is C14H21IN6O. The fraction of sp³-hybridized carbons (Fsp3) is 0.357. The third-order valence-electron chi connectivity index (χ3n) is 2.89. The molecule has 0 aliphatic heterocycles. The molecule has 0 bridgehead atoms. The second-order valence-electron chi connectivity index (χ2n) is 4.52. The highest BCUT2D eigenvalue weighted by Gasteiger charge is 2.02. The average Bonchev–Trinajstić information content (AvgIpc) is 2.87. The summed E-state index contributed by atoms with van der Waals surface area (Å²) in [5, 5.41) is 19.8. The molecule has 0 fully saturated rings. The Morgan fingerprint density at radius 2 is 2.18 bits per heavy atom. The van der Waals surface area contributed by atoms with Crippen LogP contribution in [0.2, 0.25) is 0 Å². The molecule has 22 heavy (non-hydrogen) atoms. The van der Waals surface area contributed by atoms with E-state index in [1.807, 2.05) is 20.0 Å². The van der Waals surface area contributed by atoms with Gasteiger partial charge in [-0.1, -0.05) is 12.1 Å². The SMILES string of the molecule is CCNC(=NCc1cccc(O)c1)NCc1ncnn1C.I. The molecule has 0 saturated carbocycles. The Kier molecular flexibility index (Phi) is 7.64. The lowest BCUT2D eigenvalue weighted by atomic mass is 10.2. The molecule has 0 unspecified atom stereocenters. The monoisotopic (exact) mass is 416 g/mol. The van der Waals surface area contributed by atoms with E-state index in [0.717, 1.165) is 17.9 Å². The number of aromatic hydroxyl groups is 1. The van der Waals surface area contributed by atoms with Crippen molar-refractivity contribution in [2.75, 3.05) is 6.54 Å². The van der Waals surface area contributed by atoms with Gasteiger partial charge in [0, 0.05) is 13.6 Å². The number of aromatic nitrogens is 3. The van der Waals surface area contributed by atoms with Crippen LogP contribution in [-0.2, 0) is 20.1 Å². The molecule has 3 N–H and O–H groups in total. The summed E-state index contributed by atoms with van der Waals surface area (Å²) in [4.78, 5) is 8.63. The van der Waals surface area contributed by atoms with Gasteiger partial charge in [-0.05, 0) is 24.6 Å². The lowest BCUT2D eigenvalue weighted by molar-refractivity contribution is 0.474. The molecule has 8 heteroatoms. The van der Waals surface area contributed by atoms with Crippen molar-refractivity contribution in [2.24, 2.45) is 12.0 Å². The molecule has 2 rings (SSSR count). The summed E-state index contributed by atoms with van der Waals surface area (Å²) >= 11 is 0. The van der Waals surface area contributed by atoms with E-state index in [4.69, 9.17) is 0 Å². The van der Waals surface area contributed by atoms with E-state index in [-0.39, 0.29) is 29.7 Å². The zero-order chi connectivity index (χ0) is 15.1. The summed E-state index contributed by atoms with van der Waals surface area (Å²) in [6.07, 6.45) is 1.52. The fourth-order valence-electron chi connectivity index (χ4n) is 1.81. The molecule has 2 aromatic rings. The predicted octanol–water partition coefficient (Wildman–Crippen LogP) is 1.39. The van der Waals surface area contributed by atoms with Crippen LogP contribution in [0.3, 0.4) is 0 Å². The van der Waals surface area contributed by atoms with Crippen molar-refractivity contribution in [2.45, 2.75) is 20.0 Å². The van der Waals surface area contributed by atoms with E-state index in [0.29, 0.717) is 19.0 Å². The van der Waals surface area contributed by atoms with E-state index < -0.39 is 0 Å². The van der Waals surface area contributed by atoms with Gasteiger partial charge in [0.2, 0.25) is 0 Å². The Bertz CT molecular complexity index is 613. The van der Waals surface area contributed by atoms with Crippen molar-refractivity contribution in [3.05, 3.63) is 42.0 Å². The zero-order valence-electron chi connectivity index (χ0n) is 12.7. The average molecular weight is 416 g/mol. The molecule has 1 heterocycles. The number of phenolic OH excluding ortho intramolecular Hbond substituents is 1. The minimum Gasteiger partial charge on any atom is -0.508 e. The highest BCUT2D eigenvalue weighted by molar-refractivity contribution is 14.0. The number of benzene rings is 1. The van der Waals surface area contributed by atoms with Crippen molar-refractivity contribution in [3.63, 3.8) is 0 Å². The van der Waals surface area contributed by atoms with Crippen molar-refractivity contribution < 1.29 is 5.11 Å². The Morgan fingerprint density at radius 3 is 2.82 bits per heavy atom. The molecule has 1 aromatic carbocycles. The first-order valence-corrected chi connectivity index (χ1v) is 6.82. The van der Waals surface area contributed by atoms with E-state index in [1.54, 1.807) is 22.9 Å². The largest absolute Gasteiger partial charge is 0.508 e. The molecule has 0 aliphatic rings. The van der Waals surface area contributed by atoms with Gasteiger partial charge in [0.25, 0.3) is 0 Å². The van der Waals surface area contributed by atoms with Crippen LogP contribution >= 0.6 is 24.0 Å². The summed E-state index contributed by atoms with van der Waals surface area (Å²) in [6, 6.07) is 7.08. The van der Waals surface area contributed by atoms with Crippen LogP contribution in [0.5, 0.6) is 5.75 Å².